The van der Waals surface area contributed by atoms with Gasteiger partial charge in [-0.2, -0.15) is 0 Å². The van der Waals surface area contributed by atoms with Crippen LogP contribution in [0.5, 0.6) is 0 Å². The Morgan fingerprint density at radius 3 is 2.17 bits per heavy atom. The third-order valence-corrected chi connectivity index (χ3v) is 3.22. The van der Waals surface area contributed by atoms with Gasteiger partial charge in [-0.3, -0.25) is 9.59 Å². The number of nitrogens with zero attached hydrogens (tertiary/aromatic N) is 2. The number of carbonyl (C=O) groups excluding carboxylic acids is 2. The van der Waals surface area contributed by atoms with E-state index in [1.165, 1.54) is 0 Å². The molecule has 1 aromatic heterocycles. The number of hydrogen-bond acceptors (Lipinski definition) is 3. The average Bonchev–Trinajstić information content (AvgIpc) is 2.63. The van der Waals surface area contributed by atoms with E-state index in [0.29, 0.717) is 16.9 Å². The van der Waals surface area contributed by atoms with Crippen molar-refractivity contribution < 1.29 is 9.59 Å². The second-order valence-electron chi connectivity index (χ2n) is 3.82. The van der Waals surface area contributed by atoms with Crippen LogP contribution in [0, 0.1) is 0 Å². The average molecular weight is 303 g/mol. The highest BCUT2D eigenvalue weighted by Crippen LogP contribution is 2.27. The van der Waals surface area contributed by atoms with E-state index in [0.717, 1.165) is 9.37 Å². The first-order valence-corrected chi connectivity index (χ1v) is 6.07. The molecule has 2 aromatic rings. The number of pyridine rings is 1. The zero-order chi connectivity index (χ0) is 12.7. The first-order valence-electron chi connectivity index (χ1n) is 5.28. The molecule has 0 unspecified atom stereocenters. The standard InChI is InChI=1S/C13H7BrN2O2/c14-8-5-6-15-11(7-8)16-12(17)9-3-1-2-4-10(9)13(16)18/h1-7H. The van der Waals surface area contributed by atoms with Crippen molar-refractivity contribution in [3.8, 4) is 0 Å². The summed E-state index contributed by atoms with van der Waals surface area (Å²) in [6.45, 7) is 0. The maximum atomic E-state index is 12.2. The molecule has 0 N–H and O–H groups in total. The van der Waals surface area contributed by atoms with Crippen LogP contribution >= 0.6 is 15.9 Å². The van der Waals surface area contributed by atoms with Gasteiger partial charge in [0, 0.05) is 10.7 Å². The van der Waals surface area contributed by atoms with Gasteiger partial charge in [0.25, 0.3) is 11.8 Å². The van der Waals surface area contributed by atoms with Gasteiger partial charge in [0.2, 0.25) is 0 Å². The summed E-state index contributed by atoms with van der Waals surface area (Å²) in [6.07, 6.45) is 1.54. The lowest BCUT2D eigenvalue weighted by Crippen LogP contribution is -2.30. The van der Waals surface area contributed by atoms with Gasteiger partial charge in [0.15, 0.2) is 0 Å². The van der Waals surface area contributed by atoms with Gasteiger partial charge in [0.05, 0.1) is 11.1 Å². The van der Waals surface area contributed by atoms with Crippen molar-refractivity contribution in [1.82, 2.24) is 4.98 Å². The van der Waals surface area contributed by atoms with Crippen LogP contribution in [0.2, 0.25) is 0 Å². The van der Waals surface area contributed by atoms with E-state index in [9.17, 15) is 9.59 Å². The van der Waals surface area contributed by atoms with E-state index >= 15 is 0 Å². The van der Waals surface area contributed by atoms with E-state index in [1.807, 2.05) is 0 Å². The molecule has 4 nitrogen and oxygen atoms in total. The minimum Gasteiger partial charge on any atom is -0.268 e. The lowest BCUT2D eigenvalue weighted by atomic mass is 10.1. The molecule has 0 saturated heterocycles. The van der Waals surface area contributed by atoms with E-state index in [2.05, 4.69) is 20.9 Å². The number of carbonyl (C=O) groups is 2. The quantitative estimate of drug-likeness (QED) is 0.761. The molecular weight excluding hydrogens is 296 g/mol. The smallest absolute Gasteiger partial charge is 0.267 e. The molecule has 5 heteroatoms. The fraction of sp³-hybridized carbons (Fsp3) is 0. The molecule has 1 aromatic carbocycles. The predicted molar refractivity (Wildman–Crippen MR) is 69.5 cm³/mol. The fourth-order valence-corrected chi connectivity index (χ4v) is 2.24. The van der Waals surface area contributed by atoms with E-state index < -0.39 is 0 Å². The number of rotatable bonds is 1. The van der Waals surface area contributed by atoms with Crippen molar-refractivity contribution >= 4 is 33.6 Å². The van der Waals surface area contributed by atoms with Crippen molar-refractivity contribution in [2.45, 2.75) is 0 Å². The van der Waals surface area contributed by atoms with E-state index in [1.54, 1.807) is 42.6 Å². The summed E-state index contributed by atoms with van der Waals surface area (Å²) >= 11 is 3.29. The van der Waals surface area contributed by atoms with Gasteiger partial charge in [-0.05, 0) is 24.3 Å². The van der Waals surface area contributed by atoms with Gasteiger partial charge in [-0.25, -0.2) is 9.88 Å². The van der Waals surface area contributed by atoms with Crippen molar-refractivity contribution in [1.29, 1.82) is 0 Å². The van der Waals surface area contributed by atoms with Crippen molar-refractivity contribution in [3.63, 3.8) is 0 Å². The number of aromatic nitrogens is 1. The molecule has 2 amide bonds. The number of anilines is 1. The highest BCUT2D eigenvalue weighted by Gasteiger charge is 2.36. The summed E-state index contributed by atoms with van der Waals surface area (Å²) in [5, 5.41) is 0. The molecule has 0 spiro atoms. The van der Waals surface area contributed by atoms with Crippen LogP contribution in [0.15, 0.2) is 47.1 Å². The SMILES string of the molecule is O=C1c2ccccc2C(=O)N1c1cc(Br)ccn1. The monoisotopic (exact) mass is 302 g/mol. The molecule has 2 heterocycles. The van der Waals surface area contributed by atoms with Gasteiger partial charge in [0.1, 0.15) is 5.82 Å². The summed E-state index contributed by atoms with van der Waals surface area (Å²) < 4.78 is 0.768. The van der Waals surface area contributed by atoms with Gasteiger partial charge >= 0.3 is 0 Å². The van der Waals surface area contributed by atoms with Crippen molar-refractivity contribution in [2.75, 3.05) is 4.90 Å². The number of imide groups is 1. The van der Waals surface area contributed by atoms with Gasteiger partial charge < -0.3 is 0 Å². The molecule has 3 rings (SSSR count). The zero-order valence-electron chi connectivity index (χ0n) is 9.13. The minimum absolute atomic E-state index is 0.329. The third kappa shape index (κ3) is 1.55. The number of hydrogen-bond donors (Lipinski definition) is 0. The summed E-state index contributed by atoms with van der Waals surface area (Å²) in [5.41, 5.74) is 0.841. The van der Waals surface area contributed by atoms with E-state index in [4.69, 9.17) is 0 Å². The first kappa shape index (κ1) is 11.1. The molecule has 88 valence electrons. The fourth-order valence-electron chi connectivity index (χ4n) is 1.91. The lowest BCUT2D eigenvalue weighted by Gasteiger charge is -2.12. The van der Waals surface area contributed by atoms with Gasteiger partial charge in [-0.15, -0.1) is 0 Å². The second kappa shape index (κ2) is 4.03. The molecule has 0 fully saturated rings. The molecular formula is C13H7BrN2O2. The summed E-state index contributed by atoms with van der Waals surface area (Å²) in [7, 11) is 0. The maximum Gasteiger partial charge on any atom is 0.267 e. The predicted octanol–water partition coefficient (Wildman–Crippen LogP) is 2.64. The lowest BCUT2D eigenvalue weighted by molar-refractivity contribution is 0.0925. The maximum absolute atomic E-state index is 12.2. The third-order valence-electron chi connectivity index (χ3n) is 2.73. The largest absolute Gasteiger partial charge is 0.268 e. The number of benzene rings is 1. The number of fused-ring (bicyclic) bond motifs is 1. The Hall–Kier alpha value is -2.01. The summed E-state index contributed by atoms with van der Waals surface area (Å²) in [4.78, 5) is 29.5. The van der Waals surface area contributed by atoms with Crippen molar-refractivity contribution in [2.24, 2.45) is 0 Å². The number of halogens is 1. The Balaban J connectivity index is 2.12. The van der Waals surface area contributed by atoms with E-state index in [-0.39, 0.29) is 11.8 Å². The molecule has 0 saturated carbocycles. The molecule has 0 aliphatic carbocycles. The van der Waals surface area contributed by atoms with Crippen LogP contribution in [0.1, 0.15) is 20.7 Å². The van der Waals surface area contributed by atoms with Crippen LogP contribution in [0.3, 0.4) is 0 Å². The second-order valence-corrected chi connectivity index (χ2v) is 4.74. The van der Waals surface area contributed by atoms with Crippen molar-refractivity contribution in [3.05, 3.63) is 58.2 Å². The molecule has 1 aliphatic rings. The Kier molecular flexibility index (Phi) is 2.48. The summed E-state index contributed by atoms with van der Waals surface area (Å²) in [6, 6.07) is 10.1. The molecule has 0 atom stereocenters. The zero-order valence-corrected chi connectivity index (χ0v) is 10.7. The highest BCUT2D eigenvalue weighted by molar-refractivity contribution is 9.10. The topological polar surface area (TPSA) is 50.3 Å². The Morgan fingerprint density at radius 1 is 1.00 bits per heavy atom. The highest BCUT2D eigenvalue weighted by atomic mass is 79.9. The van der Waals surface area contributed by atoms with Gasteiger partial charge in [-0.1, -0.05) is 28.1 Å². The van der Waals surface area contributed by atoms with Crippen LogP contribution in [0.4, 0.5) is 5.82 Å². The van der Waals surface area contributed by atoms with Crippen LogP contribution < -0.4 is 4.90 Å². The van der Waals surface area contributed by atoms with Crippen LogP contribution in [-0.4, -0.2) is 16.8 Å². The first-order chi connectivity index (χ1) is 8.68. The molecule has 1 aliphatic heterocycles. The summed E-state index contributed by atoms with van der Waals surface area (Å²) in [5.74, 6) is -0.335. The Morgan fingerprint density at radius 2 is 1.61 bits per heavy atom. The minimum atomic E-state index is -0.332. The molecule has 18 heavy (non-hydrogen) atoms. The Labute approximate surface area is 111 Å². The Bertz CT molecular complexity index is 635. The van der Waals surface area contributed by atoms with Crippen LogP contribution in [0.25, 0.3) is 0 Å². The number of amides is 2. The molecule has 0 radical (unpaired) electrons. The molecule has 0 bridgehead atoms. The van der Waals surface area contributed by atoms with Crippen LogP contribution in [-0.2, 0) is 0 Å². The normalized spacial score (nSPS) is 13.9.